The van der Waals surface area contributed by atoms with Crippen LogP contribution in [-0.2, 0) is 6.54 Å². The summed E-state index contributed by atoms with van der Waals surface area (Å²) in [7, 11) is 0. The molecule has 130 valence electrons. The van der Waals surface area contributed by atoms with Crippen molar-refractivity contribution < 1.29 is 18.4 Å². The number of para-hydroxylation sites is 1. The molecule has 24 heavy (non-hydrogen) atoms. The third-order valence-electron chi connectivity index (χ3n) is 3.29. The first-order valence-corrected chi connectivity index (χ1v) is 7.83. The number of hydrogen-bond acceptors (Lipinski definition) is 4. The molecular weight excluding hydrogens is 313 g/mol. The second-order valence-corrected chi connectivity index (χ2v) is 5.84. The first-order chi connectivity index (χ1) is 11.5. The molecule has 0 saturated carbocycles. The monoisotopic (exact) mass is 335 g/mol. The van der Waals surface area contributed by atoms with Gasteiger partial charge in [0.15, 0.2) is 17.3 Å². The van der Waals surface area contributed by atoms with Crippen molar-refractivity contribution in [2.24, 2.45) is 0 Å². The summed E-state index contributed by atoms with van der Waals surface area (Å²) in [4.78, 5) is 11.8. The number of carbonyl (C=O) groups is 1. The van der Waals surface area contributed by atoms with Crippen LogP contribution < -0.4 is 15.4 Å². The van der Waals surface area contributed by atoms with Crippen LogP contribution in [0.5, 0.6) is 5.75 Å². The van der Waals surface area contributed by atoms with Crippen LogP contribution in [0.4, 0.5) is 9.18 Å². The van der Waals surface area contributed by atoms with Gasteiger partial charge in [-0.3, -0.25) is 0 Å². The first-order valence-electron chi connectivity index (χ1n) is 7.83. The third-order valence-corrected chi connectivity index (χ3v) is 3.29. The number of benzene rings is 1. The predicted octanol–water partition coefficient (Wildman–Crippen LogP) is 3.20. The highest BCUT2D eigenvalue weighted by Crippen LogP contribution is 2.15. The average molecular weight is 335 g/mol. The highest BCUT2D eigenvalue weighted by atomic mass is 19.1. The van der Waals surface area contributed by atoms with Gasteiger partial charge in [0.2, 0.25) is 0 Å². The second kappa shape index (κ2) is 8.33. The summed E-state index contributed by atoms with van der Waals surface area (Å²) in [5.41, 5.74) is 0.846. The van der Waals surface area contributed by atoms with Gasteiger partial charge in [0, 0.05) is 6.07 Å². The molecule has 0 saturated heterocycles. The lowest BCUT2D eigenvalue weighted by Crippen LogP contribution is -2.43. The summed E-state index contributed by atoms with van der Waals surface area (Å²) >= 11 is 0. The van der Waals surface area contributed by atoms with Crippen LogP contribution in [0.3, 0.4) is 0 Å². The highest BCUT2D eigenvalue weighted by Gasteiger charge is 2.11. The molecule has 1 aromatic carbocycles. The van der Waals surface area contributed by atoms with E-state index in [-0.39, 0.29) is 36.9 Å². The summed E-state index contributed by atoms with van der Waals surface area (Å²) in [6, 6.07) is 7.31. The maximum Gasteiger partial charge on any atom is 0.315 e. The Morgan fingerprint density at radius 2 is 2.08 bits per heavy atom. The lowest BCUT2D eigenvalue weighted by molar-refractivity contribution is 0.223. The number of carbonyl (C=O) groups excluding carboxylic acids is 1. The van der Waals surface area contributed by atoms with E-state index < -0.39 is 5.82 Å². The highest BCUT2D eigenvalue weighted by molar-refractivity contribution is 5.74. The van der Waals surface area contributed by atoms with E-state index in [1.54, 1.807) is 25.1 Å². The van der Waals surface area contributed by atoms with E-state index in [1.807, 2.05) is 19.9 Å². The van der Waals surface area contributed by atoms with E-state index in [4.69, 9.17) is 9.26 Å². The topological polar surface area (TPSA) is 76.4 Å². The van der Waals surface area contributed by atoms with Gasteiger partial charge in [-0.2, -0.15) is 0 Å². The Morgan fingerprint density at radius 3 is 2.75 bits per heavy atom. The lowest BCUT2D eigenvalue weighted by Gasteiger charge is -2.15. The fourth-order valence-electron chi connectivity index (χ4n) is 1.94. The maximum atomic E-state index is 13.4. The standard InChI is InChI=1S/C17H22FN3O3/c1-11(2)15-8-13(24-21-15)9-19-17(22)20-12(3)10-23-16-7-5-4-6-14(16)18/h4-8,11-12H,9-10H2,1-3H3,(H2,19,20,22). The molecule has 0 spiro atoms. The molecule has 2 N–H and O–H groups in total. The van der Waals surface area contributed by atoms with E-state index in [1.165, 1.54) is 6.07 Å². The summed E-state index contributed by atoms with van der Waals surface area (Å²) in [6.07, 6.45) is 0. The maximum absolute atomic E-state index is 13.4. The van der Waals surface area contributed by atoms with Crippen LogP contribution in [0.2, 0.25) is 0 Å². The number of ether oxygens (including phenoxy) is 1. The van der Waals surface area contributed by atoms with Gasteiger partial charge in [-0.25, -0.2) is 9.18 Å². The molecule has 0 aliphatic carbocycles. The minimum absolute atomic E-state index is 0.161. The average Bonchev–Trinajstić information content (AvgIpc) is 3.01. The molecule has 0 bridgehead atoms. The van der Waals surface area contributed by atoms with E-state index >= 15 is 0 Å². The van der Waals surface area contributed by atoms with Gasteiger partial charge in [0.05, 0.1) is 18.3 Å². The van der Waals surface area contributed by atoms with Crippen molar-refractivity contribution in [3.8, 4) is 5.75 Å². The van der Waals surface area contributed by atoms with E-state index in [2.05, 4.69) is 15.8 Å². The number of halogens is 1. The molecule has 1 heterocycles. The fourth-order valence-corrected chi connectivity index (χ4v) is 1.94. The Labute approximate surface area is 140 Å². The number of hydrogen-bond donors (Lipinski definition) is 2. The fraction of sp³-hybridized carbons (Fsp3) is 0.412. The minimum atomic E-state index is -0.430. The SMILES string of the molecule is CC(COc1ccccc1F)NC(=O)NCc1cc(C(C)C)no1. The van der Waals surface area contributed by atoms with E-state index in [9.17, 15) is 9.18 Å². The van der Waals surface area contributed by atoms with Crippen LogP contribution >= 0.6 is 0 Å². The van der Waals surface area contributed by atoms with Crippen molar-refractivity contribution in [3.63, 3.8) is 0 Å². The number of aromatic nitrogens is 1. The van der Waals surface area contributed by atoms with Gasteiger partial charge in [-0.05, 0) is 25.0 Å². The predicted molar refractivity (Wildman–Crippen MR) is 87.3 cm³/mol. The molecule has 1 aromatic heterocycles. The largest absolute Gasteiger partial charge is 0.488 e. The molecule has 0 aliphatic rings. The molecule has 1 atom stereocenters. The Balaban J connectivity index is 1.72. The van der Waals surface area contributed by atoms with Gasteiger partial charge in [-0.1, -0.05) is 31.1 Å². The van der Waals surface area contributed by atoms with Crippen LogP contribution in [0.1, 0.15) is 38.1 Å². The Hall–Kier alpha value is -2.57. The molecule has 1 unspecified atom stereocenters. The Morgan fingerprint density at radius 1 is 1.33 bits per heavy atom. The minimum Gasteiger partial charge on any atom is -0.488 e. The molecule has 6 nitrogen and oxygen atoms in total. The van der Waals surface area contributed by atoms with Crippen molar-refractivity contribution in [1.82, 2.24) is 15.8 Å². The van der Waals surface area contributed by atoms with Crippen molar-refractivity contribution >= 4 is 6.03 Å². The summed E-state index contributed by atoms with van der Waals surface area (Å²) in [5, 5.41) is 9.31. The van der Waals surface area contributed by atoms with Gasteiger partial charge in [0.1, 0.15) is 6.61 Å². The van der Waals surface area contributed by atoms with Gasteiger partial charge in [0.25, 0.3) is 0 Å². The van der Waals surface area contributed by atoms with Crippen molar-refractivity contribution in [1.29, 1.82) is 0 Å². The second-order valence-electron chi connectivity index (χ2n) is 5.84. The summed E-state index contributed by atoms with van der Waals surface area (Å²) < 4.78 is 23.9. The molecule has 2 amide bonds. The van der Waals surface area contributed by atoms with Gasteiger partial charge >= 0.3 is 6.03 Å². The van der Waals surface area contributed by atoms with Crippen LogP contribution in [-0.4, -0.2) is 23.8 Å². The zero-order valence-corrected chi connectivity index (χ0v) is 14.0. The molecule has 2 aromatic rings. The zero-order valence-electron chi connectivity index (χ0n) is 14.0. The number of urea groups is 1. The molecule has 7 heteroatoms. The molecular formula is C17H22FN3O3. The van der Waals surface area contributed by atoms with Crippen molar-refractivity contribution in [2.45, 2.75) is 39.3 Å². The molecule has 0 fully saturated rings. The zero-order chi connectivity index (χ0) is 17.5. The van der Waals surface area contributed by atoms with Crippen molar-refractivity contribution in [3.05, 3.63) is 47.6 Å². The van der Waals surface area contributed by atoms with E-state index in [0.29, 0.717) is 5.76 Å². The number of nitrogens with one attached hydrogen (secondary N) is 2. The summed E-state index contributed by atoms with van der Waals surface area (Å²) in [5.74, 6) is 0.589. The molecule has 0 aliphatic heterocycles. The third kappa shape index (κ3) is 5.26. The van der Waals surface area contributed by atoms with Gasteiger partial charge in [-0.15, -0.1) is 0 Å². The Kier molecular flexibility index (Phi) is 6.17. The number of rotatable bonds is 7. The lowest BCUT2D eigenvalue weighted by atomic mass is 10.1. The summed E-state index contributed by atoms with van der Waals surface area (Å²) in [6.45, 7) is 6.20. The quantitative estimate of drug-likeness (QED) is 0.815. The van der Waals surface area contributed by atoms with Crippen molar-refractivity contribution in [2.75, 3.05) is 6.61 Å². The van der Waals surface area contributed by atoms with Crippen LogP contribution in [0.25, 0.3) is 0 Å². The van der Waals surface area contributed by atoms with E-state index in [0.717, 1.165) is 5.69 Å². The van der Waals surface area contributed by atoms with Crippen LogP contribution in [0, 0.1) is 5.82 Å². The number of nitrogens with zero attached hydrogens (tertiary/aromatic N) is 1. The molecule has 0 radical (unpaired) electrons. The molecule has 2 rings (SSSR count). The normalized spacial score (nSPS) is 12.0. The first kappa shape index (κ1) is 17.8. The van der Waals surface area contributed by atoms with Crippen LogP contribution in [0.15, 0.2) is 34.9 Å². The Bertz CT molecular complexity index is 673. The number of amides is 2. The smallest absolute Gasteiger partial charge is 0.315 e. The van der Waals surface area contributed by atoms with Gasteiger partial charge < -0.3 is 19.9 Å².